The lowest BCUT2D eigenvalue weighted by molar-refractivity contribution is 0.0529. The van der Waals surface area contributed by atoms with Crippen LogP contribution in [0.5, 0.6) is 5.75 Å². The number of carbonyl (C=O) groups excluding carboxylic acids is 1. The monoisotopic (exact) mass is 313 g/mol. The van der Waals surface area contributed by atoms with Gasteiger partial charge in [0.15, 0.2) is 0 Å². The fraction of sp³-hybridized carbons (Fsp3) is 0.316. The smallest absolute Gasteiger partial charge is 0.407 e. The highest BCUT2D eigenvalue weighted by Gasteiger charge is 2.15. The molecule has 0 saturated carbocycles. The Labute approximate surface area is 136 Å². The van der Waals surface area contributed by atoms with E-state index in [-0.39, 0.29) is 5.75 Å². The number of phenols is 1. The summed E-state index contributed by atoms with van der Waals surface area (Å²) in [5, 5.41) is 14.8. The van der Waals surface area contributed by atoms with Crippen molar-refractivity contribution < 1.29 is 14.6 Å². The molecule has 23 heavy (non-hydrogen) atoms. The van der Waals surface area contributed by atoms with Crippen molar-refractivity contribution in [3.8, 4) is 5.75 Å². The number of hydrogen-bond acceptors (Lipinski definition) is 3. The van der Waals surface area contributed by atoms with Crippen LogP contribution in [0.25, 0.3) is 16.8 Å². The SMILES string of the molecule is CC(C)(C)OC(=O)NCCC=Cc1ccc2ccccc2c1O. The number of hydrogen-bond donors (Lipinski definition) is 2. The topological polar surface area (TPSA) is 58.6 Å². The highest BCUT2D eigenvalue weighted by atomic mass is 16.6. The second-order valence-corrected chi connectivity index (χ2v) is 6.34. The second kappa shape index (κ2) is 7.18. The number of nitrogens with one attached hydrogen (secondary N) is 1. The van der Waals surface area contributed by atoms with Gasteiger partial charge in [0, 0.05) is 17.5 Å². The van der Waals surface area contributed by atoms with Gasteiger partial charge in [-0.3, -0.25) is 0 Å². The number of rotatable bonds is 4. The minimum Gasteiger partial charge on any atom is -0.507 e. The van der Waals surface area contributed by atoms with Crippen LogP contribution in [0, 0.1) is 0 Å². The average molecular weight is 313 g/mol. The molecule has 1 amide bonds. The third-order valence-electron chi connectivity index (χ3n) is 3.21. The van der Waals surface area contributed by atoms with Crippen LogP contribution in [0.1, 0.15) is 32.8 Å². The van der Waals surface area contributed by atoms with Gasteiger partial charge in [0.05, 0.1) is 0 Å². The molecule has 2 N–H and O–H groups in total. The van der Waals surface area contributed by atoms with E-state index in [1.165, 1.54) is 0 Å². The second-order valence-electron chi connectivity index (χ2n) is 6.34. The van der Waals surface area contributed by atoms with Crippen LogP contribution < -0.4 is 5.32 Å². The quantitative estimate of drug-likeness (QED) is 0.819. The maximum absolute atomic E-state index is 11.5. The third-order valence-corrected chi connectivity index (χ3v) is 3.21. The molecule has 0 saturated heterocycles. The van der Waals surface area contributed by atoms with E-state index in [9.17, 15) is 9.90 Å². The lowest BCUT2D eigenvalue weighted by Gasteiger charge is -2.19. The van der Waals surface area contributed by atoms with Gasteiger partial charge in [-0.15, -0.1) is 0 Å². The van der Waals surface area contributed by atoms with E-state index >= 15 is 0 Å². The van der Waals surface area contributed by atoms with E-state index in [1.807, 2.05) is 69.3 Å². The van der Waals surface area contributed by atoms with Gasteiger partial charge in [-0.05, 0) is 32.6 Å². The Kier molecular flexibility index (Phi) is 5.27. The summed E-state index contributed by atoms with van der Waals surface area (Å²) in [6.07, 6.45) is 4.02. The first-order valence-electron chi connectivity index (χ1n) is 7.71. The van der Waals surface area contributed by atoms with E-state index in [1.54, 1.807) is 0 Å². The molecule has 2 aromatic carbocycles. The molecular weight excluding hydrogens is 290 g/mol. The van der Waals surface area contributed by atoms with Crippen molar-refractivity contribution in [2.45, 2.75) is 32.8 Å². The van der Waals surface area contributed by atoms with Gasteiger partial charge in [-0.2, -0.15) is 0 Å². The molecule has 0 atom stereocenters. The van der Waals surface area contributed by atoms with Crippen LogP contribution in [0.3, 0.4) is 0 Å². The van der Waals surface area contributed by atoms with Crippen LogP contribution in [0.4, 0.5) is 4.79 Å². The fourth-order valence-corrected chi connectivity index (χ4v) is 2.19. The zero-order valence-corrected chi connectivity index (χ0v) is 13.8. The summed E-state index contributed by atoms with van der Waals surface area (Å²) in [5.41, 5.74) is 0.276. The Morgan fingerprint density at radius 1 is 1.22 bits per heavy atom. The lowest BCUT2D eigenvalue weighted by Crippen LogP contribution is -2.32. The van der Waals surface area contributed by atoms with E-state index < -0.39 is 11.7 Å². The van der Waals surface area contributed by atoms with Gasteiger partial charge >= 0.3 is 6.09 Å². The molecule has 0 radical (unpaired) electrons. The predicted octanol–water partition coefficient (Wildman–Crippen LogP) is 4.47. The van der Waals surface area contributed by atoms with Crippen molar-refractivity contribution in [1.82, 2.24) is 5.32 Å². The summed E-state index contributed by atoms with van der Waals surface area (Å²) in [6, 6.07) is 11.6. The Balaban J connectivity index is 1.89. The van der Waals surface area contributed by atoms with Crippen molar-refractivity contribution in [2.75, 3.05) is 6.54 Å². The van der Waals surface area contributed by atoms with Gasteiger partial charge in [0.2, 0.25) is 0 Å². The molecule has 0 aromatic heterocycles. The number of phenolic OH excluding ortho intramolecular Hbond substituents is 1. The number of aromatic hydroxyl groups is 1. The molecule has 4 nitrogen and oxygen atoms in total. The van der Waals surface area contributed by atoms with Crippen LogP contribution >= 0.6 is 0 Å². The summed E-state index contributed by atoms with van der Waals surface area (Å²) < 4.78 is 5.16. The van der Waals surface area contributed by atoms with Gasteiger partial charge in [-0.1, -0.05) is 48.6 Å². The molecule has 0 spiro atoms. The van der Waals surface area contributed by atoms with Crippen molar-refractivity contribution in [3.05, 3.63) is 48.0 Å². The molecule has 2 rings (SSSR count). The minimum absolute atomic E-state index is 0.277. The van der Waals surface area contributed by atoms with Gasteiger partial charge in [-0.25, -0.2) is 4.79 Å². The van der Waals surface area contributed by atoms with E-state index in [0.29, 0.717) is 13.0 Å². The number of amides is 1. The first kappa shape index (κ1) is 16.9. The van der Waals surface area contributed by atoms with Crippen molar-refractivity contribution in [1.29, 1.82) is 0 Å². The van der Waals surface area contributed by atoms with Crippen molar-refractivity contribution in [3.63, 3.8) is 0 Å². The molecular formula is C19H23NO3. The zero-order chi connectivity index (χ0) is 16.9. The summed E-state index contributed by atoms with van der Waals surface area (Å²) >= 11 is 0. The Morgan fingerprint density at radius 3 is 2.70 bits per heavy atom. The first-order valence-corrected chi connectivity index (χ1v) is 7.71. The maximum Gasteiger partial charge on any atom is 0.407 e. The zero-order valence-electron chi connectivity index (χ0n) is 13.8. The number of benzene rings is 2. The number of fused-ring (bicyclic) bond motifs is 1. The van der Waals surface area contributed by atoms with Crippen LogP contribution in [-0.2, 0) is 4.74 Å². The van der Waals surface area contributed by atoms with Crippen LogP contribution in [-0.4, -0.2) is 23.3 Å². The largest absolute Gasteiger partial charge is 0.507 e. The molecule has 0 aliphatic carbocycles. The normalized spacial score (nSPS) is 11.8. The maximum atomic E-state index is 11.5. The molecule has 0 bridgehead atoms. The highest BCUT2D eigenvalue weighted by Crippen LogP contribution is 2.29. The molecule has 0 heterocycles. The van der Waals surface area contributed by atoms with Gasteiger partial charge in [0.25, 0.3) is 0 Å². The first-order chi connectivity index (χ1) is 10.9. The lowest BCUT2D eigenvalue weighted by atomic mass is 10.0. The fourth-order valence-electron chi connectivity index (χ4n) is 2.19. The summed E-state index contributed by atoms with van der Waals surface area (Å²) in [4.78, 5) is 11.5. The Bertz CT molecular complexity index is 714. The standard InChI is InChI=1S/C19H23NO3/c1-19(2,3)23-18(22)20-13-7-6-9-15-12-11-14-8-4-5-10-16(14)17(15)21/h4-6,8-12,21H,7,13H2,1-3H3,(H,20,22). The summed E-state index contributed by atoms with van der Waals surface area (Å²) in [5.74, 6) is 0.277. The molecule has 2 aromatic rings. The number of carbonyl (C=O) groups is 1. The van der Waals surface area contributed by atoms with Crippen molar-refractivity contribution >= 4 is 22.9 Å². The molecule has 0 unspecified atom stereocenters. The van der Waals surface area contributed by atoms with Gasteiger partial charge in [0.1, 0.15) is 11.4 Å². The highest BCUT2D eigenvalue weighted by molar-refractivity contribution is 5.91. The Hall–Kier alpha value is -2.49. The van der Waals surface area contributed by atoms with Gasteiger partial charge < -0.3 is 15.2 Å². The third kappa shape index (κ3) is 5.02. The number of ether oxygens (including phenoxy) is 1. The predicted molar refractivity (Wildman–Crippen MR) is 93.5 cm³/mol. The number of alkyl carbamates (subject to hydrolysis) is 1. The van der Waals surface area contributed by atoms with E-state index in [2.05, 4.69) is 5.32 Å². The molecule has 0 aliphatic heterocycles. The van der Waals surface area contributed by atoms with E-state index in [4.69, 9.17) is 4.74 Å². The Morgan fingerprint density at radius 2 is 1.96 bits per heavy atom. The molecule has 4 heteroatoms. The molecule has 0 aliphatic rings. The molecule has 0 fully saturated rings. The van der Waals surface area contributed by atoms with Crippen LogP contribution in [0.15, 0.2) is 42.5 Å². The summed E-state index contributed by atoms with van der Waals surface area (Å²) in [6.45, 7) is 5.97. The molecule has 122 valence electrons. The van der Waals surface area contributed by atoms with Crippen molar-refractivity contribution in [2.24, 2.45) is 0 Å². The summed E-state index contributed by atoms with van der Waals surface area (Å²) in [7, 11) is 0. The average Bonchev–Trinajstić information content (AvgIpc) is 2.47. The minimum atomic E-state index is -0.489. The van der Waals surface area contributed by atoms with E-state index in [0.717, 1.165) is 16.3 Å². The van der Waals surface area contributed by atoms with Crippen LogP contribution in [0.2, 0.25) is 0 Å².